The summed E-state index contributed by atoms with van der Waals surface area (Å²) in [6.07, 6.45) is 6.12. The van der Waals surface area contributed by atoms with Crippen molar-refractivity contribution in [2.75, 3.05) is 25.5 Å². The molecule has 1 fully saturated rings. The zero-order chi connectivity index (χ0) is 20.9. The van der Waals surface area contributed by atoms with Crippen molar-refractivity contribution in [1.29, 1.82) is 0 Å². The summed E-state index contributed by atoms with van der Waals surface area (Å²) in [5.41, 5.74) is 0.588. The molecule has 1 aromatic rings. The number of nitrogens with one attached hydrogen (secondary N) is 1. The Bertz CT molecular complexity index is 792. The van der Waals surface area contributed by atoms with E-state index in [2.05, 4.69) is 11.2 Å². The van der Waals surface area contributed by atoms with E-state index in [1.165, 1.54) is 9.80 Å². The van der Waals surface area contributed by atoms with E-state index in [9.17, 15) is 14.4 Å². The number of ether oxygens (including phenoxy) is 1. The van der Waals surface area contributed by atoms with E-state index in [0.29, 0.717) is 30.6 Å². The Morgan fingerprint density at radius 3 is 2.71 bits per heavy atom. The van der Waals surface area contributed by atoms with E-state index in [1.54, 1.807) is 52.1 Å². The molecule has 150 valence electrons. The second kappa shape index (κ2) is 8.79. The normalized spacial score (nSPS) is 16.2. The zero-order valence-corrected chi connectivity index (χ0v) is 16.8. The Hall–Kier alpha value is -3.01. The maximum atomic E-state index is 12.8. The van der Waals surface area contributed by atoms with Crippen molar-refractivity contribution in [3.63, 3.8) is 0 Å². The molecule has 0 aliphatic carbocycles. The molecule has 3 amide bonds. The molecule has 1 aliphatic rings. The number of hydrogen-bond acceptors (Lipinski definition) is 4. The van der Waals surface area contributed by atoms with Gasteiger partial charge in [0.2, 0.25) is 11.8 Å². The summed E-state index contributed by atoms with van der Waals surface area (Å²) >= 11 is 0. The summed E-state index contributed by atoms with van der Waals surface area (Å²) in [6, 6.07) is 6.30. The summed E-state index contributed by atoms with van der Waals surface area (Å²) < 4.78 is 5.38. The number of amides is 3. The first-order valence-corrected chi connectivity index (χ1v) is 9.22. The molecule has 1 aromatic carbocycles. The number of benzene rings is 1. The Balaban J connectivity index is 1.96. The first kappa shape index (κ1) is 21.3. The van der Waals surface area contributed by atoms with Gasteiger partial charge in [-0.1, -0.05) is 12.0 Å². The smallest absolute Gasteiger partial charge is 0.410 e. The van der Waals surface area contributed by atoms with Crippen LogP contribution in [0.1, 0.15) is 39.2 Å². The molecule has 2 rings (SSSR count). The fraction of sp³-hybridized carbons (Fsp3) is 0.476. The number of rotatable bonds is 4. The Kier molecular flexibility index (Phi) is 6.68. The number of terminal acetylenes is 1. The van der Waals surface area contributed by atoms with E-state index >= 15 is 0 Å². The Morgan fingerprint density at radius 1 is 1.36 bits per heavy atom. The van der Waals surface area contributed by atoms with Gasteiger partial charge in [0, 0.05) is 24.8 Å². The number of nitrogens with zero attached hydrogens (tertiary/aromatic N) is 2. The van der Waals surface area contributed by atoms with Crippen LogP contribution < -0.4 is 5.32 Å². The van der Waals surface area contributed by atoms with Crippen LogP contribution in [0.15, 0.2) is 24.3 Å². The van der Waals surface area contributed by atoms with E-state index in [4.69, 9.17) is 11.2 Å². The number of hydrogen-bond donors (Lipinski definition) is 1. The van der Waals surface area contributed by atoms with Crippen molar-refractivity contribution in [2.45, 2.75) is 45.3 Å². The minimum atomic E-state index is -0.633. The van der Waals surface area contributed by atoms with Gasteiger partial charge in [0.1, 0.15) is 11.6 Å². The fourth-order valence-corrected chi connectivity index (χ4v) is 3.00. The predicted molar refractivity (Wildman–Crippen MR) is 107 cm³/mol. The van der Waals surface area contributed by atoms with Gasteiger partial charge in [0.15, 0.2) is 0 Å². The van der Waals surface area contributed by atoms with Gasteiger partial charge in [-0.25, -0.2) is 4.79 Å². The average Bonchev–Trinajstić information content (AvgIpc) is 3.09. The maximum Gasteiger partial charge on any atom is 0.410 e. The van der Waals surface area contributed by atoms with Crippen LogP contribution in [0, 0.1) is 12.3 Å². The third-order valence-corrected chi connectivity index (χ3v) is 4.24. The number of carbonyl (C=O) groups excluding carboxylic acids is 3. The standard InChI is InChI=1S/C21H27N3O4/c1-6-15-9-7-10-16(13-15)22-18(25)14-23(5)19(26)17-11-8-12-24(17)20(27)28-21(2,3)4/h1,7,9-10,13,17H,8,11-12,14H2,2-5H3,(H,22,25)/t17-/m0/s1. The highest BCUT2D eigenvalue weighted by Crippen LogP contribution is 2.22. The van der Waals surface area contributed by atoms with Crippen molar-refractivity contribution in [3.05, 3.63) is 29.8 Å². The van der Waals surface area contributed by atoms with Crippen LogP contribution in [0.3, 0.4) is 0 Å². The second-order valence-electron chi connectivity index (χ2n) is 7.80. The number of carbonyl (C=O) groups is 3. The van der Waals surface area contributed by atoms with Gasteiger partial charge >= 0.3 is 6.09 Å². The topological polar surface area (TPSA) is 79.0 Å². The SMILES string of the molecule is C#Cc1cccc(NC(=O)CN(C)C(=O)[C@@H]2CCCN2C(=O)OC(C)(C)C)c1. The molecule has 1 atom stereocenters. The van der Waals surface area contributed by atoms with Crippen molar-refractivity contribution >= 4 is 23.6 Å². The van der Waals surface area contributed by atoms with Gasteiger partial charge in [-0.3, -0.25) is 14.5 Å². The van der Waals surface area contributed by atoms with Gasteiger partial charge in [-0.05, 0) is 51.8 Å². The molecule has 1 aliphatic heterocycles. The Labute approximate surface area is 166 Å². The summed E-state index contributed by atoms with van der Waals surface area (Å²) in [5.74, 6) is 1.88. The highest BCUT2D eigenvalue weighted by Gasteiger charge is 2.38. The fourth-order valence-electron chi connectivity index (χ4n) is 3.00. The highest BCUT2D eigenvalue weighted by molar-refractivity contribution is 5.96. The summed E-state index contributed by atoms with van der Waals surface area (Å²) in [5, 5.41) is 2.72. The molecule has 0 bridgehead atoms. The molecule has 7 nitrogen and oxygen atoms in total. The third kappa shape index (κ3) is 5.74. The molecule has 28 heavy (non-hydrogen) atoms. The van der Waals surface area contributed by atoms with E-state index in [-0.39, 0.29) is 18.4 Å². The van der Waals surface area contributed by atoms with E-state index in [0.717, 1.165) is 0 Å². The van der Waals surface area contributed by atoms with Gasteiger partial charge in [-0.15, -0.1) is 6.42 Å². The molecule has 0 saturated carbocycles. The van der Waals surface area contributed by atoms with Crippen LogP contribution in [0.25, 0.3) is 0 Å². The van der Waals surface area contributed by atoms with Crippen LogP contribution in [0.5, 0.6) is 0 Å². The quantitative estimate of drug-likeness (QED) is 0.808. The summed E-state index contributed by atoms with van der Waals surface area (Å²) in [4.78, 5) is 40.2. The lowest BCUT2D eigenvalue weighted by Crippen LogP contribution is -2.49. The third-order valence-electron chi connectivity index (χ3n) is 4.24. The average molecular weight is 385 g/mol. The van der Waals surface area contributed by atoms with E-state index < -0.39 is 17.7 Å². The van der Waals surface area contributed by atoms with Crippen LogP contribution in [-0.4, -0.2) is 59.5 Å². The Morgan fingerprint density at radius 2 is 2.07 bits per heavy atom. The predicted octanol–water partition coefficient (Wildman–Crippen LogP) is 2.46. The van der Waals surface area contributed by atoms with Gasteiger partial charge in [0.25, 0.3) is 0 Å². The van der Waals surface area contributed by atoms with Gasteiger partial charge in [0.05, 0.1) is 6.54 Å². The highest BCUT2D eigenvalue weighted by atomic mass is 16.6. The van der Waals surface area contributed by atoms with E-state index in [1.807, 2.05) is 0 Å². The van der Waals surface area contributed by atoms with Crippen LogP contribution in [0.2, 0.25) is 0 Å². The monoisotopic (exact) mass is 385 g/mol. The lowest BCUT2D eigenvalue weighted by Gasteiger charge is -2.30. The molecule has 1 heterocycles. The lowest BCUT2D eigenvalue weighted by molar-refractivity contribution is -0.137. The molecule has 0 spiro atoms. The molecule has 1 saturated heterocycles. The number of likely N-dealkylation sites (tertiary alicyclic amines) is 1. The molecular formula is C21H27N3O4. The molecule has 0 radical (unpaired) electrons. The van der Waals surface area contributed by atoms with Crippen molar-refractivity contribution in [3.8, 4) is 12.3 Å². The molecule has 1 N–H and O–H groups in total. The largest absolute Gasteiger partial charge is 0.444 e. The van der Waals surface area contributed by atoms with Crippen molar-refractivity contribution in [1.82, 2.24) is 9.80 Å². The second-order valence-corrected chi connectivity index (χ2v) is 7.80. The minimum absolute atomic E-state index is 0.127. The molecular weight excluding hydrogens is 358 g/mol. The molecule has 0 aromatic heterocycles. The summed E-state index contributed by atoms with van der Waals surface area (Å²) in [6.45, 7) is 5.68. The zero-order valence-electron chi connectivity index (χ0n) is 16.8. The maximum absolute atomic E-state index is 12.8. The number of anilines is 1. The first-order valence-electron chi connectivity index (χ1n) is 9.22. The van der Waals surface area contributed by atoms with Gasteiger partial charge in [-0.2, -0.15) is 0 Å². The van der Waals surface area contributed by atoms with Crippen LogP contribution >= 0.6 is 0 Å². The first-order chi connectivity index (χ1) is 13.1. The minimum Gasteiger partial charge on any atom is -0.444 e. The van der Waals surface area contributed by atoms with Crippen molar-refractivity contribution in [2.24, 2.45) is 0 Å². The lowest BCUT2D eigenvalue weighted by atomic mass is 10.2. The number of likely N-dealkylation sites (N-methyl/N-ethyl adjacent to an activating group) is 1. The van der Waals surface area contributed by atoms with Crippen LogP contribution in [0.4, 0.5) is 10.5 Å². The molecule has 0 unspecified atom stereocenters. The van der Waals surface area contributed by atoms with Crippen molar-refractivity contribution < 1.29 is 19.1 Å². The van der Waals surface area contributed by atoms with Crippen LogP contribution in [-0.2, 0) is 14.3 Å². The summed E-state index contributed by atoms with van der Waals surface area (Å²) in [7, 11) is 1.55. The van der Waals surface area contributed by atoms with Gasteiger partial charge < -0.3 is 15.0 Å². The molecule has 7 heteroatoms.